The first kappa shape index (κ1) is 20.3. The summed E-state index contributed by atoms with van der Waals surface area (Å²) in [7, 11) is 0. The van der Waals surface area contributed by atoms with Crippen LogP contribution in [-0.4, -0.2) is 27.9 Å². The molecule has 0 aliphatic carbocycles. The molecule has 0 saturated carbocycles. The molecule has 26 heavy (non-hydrogen) atoms. The van der Waals surface area contributed by atoms with Gasteiger partial charge in [-0.05, 0) is 26.0 Å². The van der Waals surface area contributed by atoms with Crippen molar-refractivity contribution >= 4 is 17.5 Å². The number of nitrogens with zero attached hydrogens (tertiary/aromatic N) is 4. The van der Waals surface area contributed by atoms with Crippen LogP contribution in [0.4, 0.5) is 36.7 Å². The molecular weight excluding hydrogens is 393 g/mol. The standard InChI is InChI=1S/C14H12ClF7N4/c1-3-25(4-2)12-23-11(14(20,21)22)24-26(12)10-8(15)5-7(6-9(10)16)13(17,18)19/h5-6H,3-4H2,1-2H3. The van der Waals surface area contributed by atoms with Crippen molar-refractivity contribution in [2.24, 2.45) is 0 Å². The summed E-state index contributed by atoms with van der Waals surface area (Å²) in [5.74, 6) is -3.42. The fourth-order valence-corrected chi connectivity index (χ4v) is 2.50. The van der Waals surface area contributed by atoms with Crippen LogP contribution in [0.1, 0.15) is 25.2 Å². The van der Waals surface area contributed by atoms with Gasteiger partial charge in [-0.15, -0.1) is 5.10 Å². The third kappa shape index (κ3) is 3.87. The third-order valence-corrected chi connectivity index (χ3v) is 3.73. The molecule has 1 aromatic heterocycles. The zero-order chi connectivity index (χ0) is 19.9. The molecule has 0 radical (unpaired) electrons. The second-order valence-corrected chi connectivity index (χ2v) is 5.51. The van der Waals surface area contributed by atoms with Crippen molar-refractivity contribution in [3.05, 3.63) is 34.4 Å². The lowest BCUT2D eigenvalue weighted by Gasteiger charge is -2.20. The summed E-state index contributed by atoms with van der Waals surface area (Å²) in [4.78, 5) is 4.69. The van der Waals surface area contributed by atoms with Gasteiger partial charge in [-0.1, -0.05) is 11.6 Å². The highest BCUT2D eigenvalue weighted by molar-refractivity contribution is 6.32. The van der Waals surface area contributed by atoms with Gasteiger partial charge in [-0.2, -0.15) is 36.0 Å². The molecule has 1 heterocycles. The molecule has 0 atom stereocenters. The van der Waals surface area contributed by atoms with E-state index >= 15 is 0 Å². The Morgan fingerprint density at radius 1 is 1.04 bits per heavy atom. The van der Waals surface area contributed by atoms with Gasteiger partial charge < -0.3 is 4.90 Å². The van der Waals surface area contributed by atoms with Crippen LogP contribution in [0.25, 0.3) is 5.69 Å². The molecule has 0 N–H and O–H groups in total. The van der Waals surface area contributed by atoms with Crippen LogP contribution in [0.3, 0.4) is 0 Å². The van der Waals surface area contributed by atoms with Gasteiger partial charge in [-0.25, -0.2) is 4.39 Å². The maximum Gasteiger partial charge on any atom is 0.453 e. The van der Waals surface area contributed by atoms with Crippen molar-refractivity contribution in [2.45, 2.75) is 26.2 Å². The van der Waals surface area contributed by atoms with Gasteiger partial charge in [0.25, 0.3) is 5.82 Å². The molecule has 2 rings (SSSR count). The number of halogens is 8. The zero-order valence-corrected chi connectivity index (χ0v) is 14.1. The quantitative estimate of drug-likeness (QED) is 0.677. The monoisotopic (exact) mass is 404 g/mol. The topological polar surface area (TPSA) is 34.0 Å². The largest absolute Gasteiger partial charge is 0.453 e. The highest BCUT2D eigenvalue weighted by Gasteiger charge is 2.39. The minimum absolute atomic E-state index is 0.141. The Labute approximate surface area is 148 Å². The lowest BCUT2D eigenvalue weighted by atomic mass is 10.2. The Morgan fingerprint density at radius 2 is 1.62 bits per heavy atom. The van der Waals surface area contributed by atoms with Crippen molar-refractivity contribution < 1.29 is 30.7 Å². The SMILES string of the molecule is CCN(CC)c1nc(C(F)(F)F)nn1-c1c(F)cc(C(F)(F)F)cc1Cl. The summed E-state index contributed by atoms with van der Waals surface area (Å²) in [5, 5.41) is 2.47. The zero-order valence-electron chi connectivity index (χ0n) is 13.4. The molecule has 0 saturated heterocycles. The molecule has 0 unspecified atom stereocenters. The molecule has 0 aliphatic rings. The lowest BCUT2D eigenvalue weighted by molar-refractivity contribution is -0.144. The Balaban J connectivity index is 2.73. The maximum absolute atomic E-state index is 14.3. The van der Waals surface area contributed by atoms with E-state index in [9.17, 15) is 30.7 Å². The molecule has 12 heteroatoms. The first-order valence-corrected chi connectivity index (χ1v) is 7.63. The van der Waals surface area contributed by atoms with E-state index in [-0.39, 0.29) is 25.1 Å². The van der Waals surface area contributed by atoms with Gasteiger partial charge >= 0.3 is 12.4 Å². The smallest absolute Gasteiger partial charge is 0.341 e. The summed E-state index contributed by atoms with van der Waals surface area (Å²) < 4.78 is 91.9. The summed E-state index contributed by atoms with van der Waals surface area (Å²) in [6.45, 7) is 3.62. The first-order valence-electron chi connectivity index (χ1n) is 7.25. The average Bonchev–Trinajstić information content (AvgIpc) is 2.92. The number of aromatic nitrogens is 3. The van der Waals surface area contributed by atoms with Gasteiger partial charge in [-0.3, -0.25) is 0 Å². The van der Waals surface area contributed by atoms with Crippen LogP contribution in [-0.2, 0) is 12.4 Å². The minimum Gasteiger partial charge on any atom is -0.341 e. The molecule has 0 aliphatic heterocycles. The maximum atomic E-state index is 14.3. The van der Waals surface area contributed by atoms with Gasteiger partial charge in [0.2, 0.25) is 5.95 Å². The summed E-state index contributed by atoms with van der Waals surface area (Å²) >= 11 is 5.73. The fourth-order valence-electron chi connectivity index (χ4n) is 2.22. The van der Waals surface area contributed by atoms with Crippen molar-refractivity contribution in [1.29, 1.82) is 0 Å². The minimum atomic E-state index is -4.93. The molecule has 0 bridgehead atoms. The fraction of sp³-hybridized carbons (Fsp3) is 0.429. The van der Waals surface area contributed by atoms with E-state index in [4.69, 9.17) is 11.6 Å². The van der Waals surface area contributed by atoms with Gasteiger partial charge in [0.1, 0.15) is 5.69 Å². The van der Waals surface area contributed by atoms with Crippen molar-refractivity contribution in [2.75, 3.05) is 18.0 Å². The number of benzene rings is 1. The lowest BCUT2D eigenvalue weighted by Crippen LogP contribution is -2.26. The van der Waals surface area contributed by atoms with Crippen LogP contribution in [0, 0.1) is 5.82 Å². The van der Waals surface area contributed by atoms with Crippen LogP contribution >= 0.6 is 11.6 Å². The van der Waals surface area contributed by atoms with Gasteiger partial charge in [0.15, 0.2) is 5.82 Å². The van der Waals surface area contributed by atoms with E-state index in [0.29, 0.717) is 10.7 Å². The van der Waals surface area contributed by atoms with E-state index in [2.05, 4.69) is 10.1 Å². The number of alkyl halides is 6. The molecule has 0 fully saturated rings. The van der Waals surface area contributed by atoms with Crippen molar-refractivity contribution in [1.82, 2.24) is 14.8 Å². The van der Waals surface area contributed by atoms with Crippen LogP contribution in [0.2, 0.25) is 5.02 Å². The summed E-state index contributed by atoms with van der Waals surface area (Å²) in [5.41, 5.74) is -2.12. The molecule has 2 aromatic rings. The van der Waals surface area contributed by atoms with E-state index < -0.39 is 40.3 Å². The Kier molecular flexibility index (Phi) is 5.41. The molecule has 0 spiro atoms. The third-order valence-electron chi connectivity index (χ3n) is 3.45. The predicted molar refractivity (Wildman–Crippen MR) is 79.9 cm³/mol. The number of rotatable bonds is 4. The van der Waals surface area contributed by atoms with E-state index in [1.807, 2.05) is 0 Å². The number of hydrogen-bond acceptors (Lipinski definition) is 3. The predicted octanol–water partition coefficient (Wildman–Crippen LogP) is 4.94. The van der Waals surface area contributed by atoms with E-state index in [1.54, 1.807) is 13.8 Å². The molecular formula is C14H12ClF7N4. The van der Waals surface area contributed by atoms with E-state index in [1.165, 1.54) is 4.90 Å². The van der Waals surface area contributed by atoms with Crippen LogP contribution < -0.4 is 4.90 Å². The van der Waals surface area contributed by atoms with Gasteiger partial charge in [0, 0.05) is 13.1 Å². The van der Waals surface area contributed by atoms with Crippen LogP contribution in [0.5, 0.6) is 0 Å². The highest BCUT2D eigenvalue weighted by atomic mass is 35.5. The second-order valence-electron chi connectivity index (χ2n) is 5.10. The average molecular weight is 405 g/mol. The van der Waals surface area contributed by atoms with E-state index in [0.717, 1.165) is 0 Å². The Bertz CT molecular complexity index is 771. The van der Waals surface area contributed by atoms with Crippen molar-refractivity contribution in [3.8, 4) is 5.69 Å². The molecule has 4 nitrogen and oxygen atoms in total. The number of anilines is 1. The normalized spacial score (nSPS) is 12.5. The second kappa shape index (κ2) is 6.93. The Morgan fingerprint density at radius 3 is 2.04 bits per heavy atom. The molecule has 1 aromatic carbocycles. The summed E-state index contributed by atoms with van der Waals surface area (Å²) in [6, 6.07) is 0.559. The van der Waals surface area contributed by atoms with Crippen LogP contribution in [0.15, 0.2) is 12.1 Å². The van der Waals surface area contributed by atoms with Crippen molar-refractivity contribution in [3.63, 3.8) is 0 Å². The highest BCUT2D eigenvalue weighted by Crippen LogP contribution is 2.37. The Hall–Kier alpha value is -2.04. The number of hydrogen-bond donors (Lipinski definition) is 0. The van der Waals surface area contributed by atoms with Gasteiger partial charge in [0.05, 0.1) is 10.6 Å². The summed E-state index contributed by atoms with van der Waals surface area (Å²) in [6.07, 6.45) is -9.80. The first-order chi connectivity index (χ1) is 11.9. The molecule has 144 valence electrons. The molecule has 0 amide bonds.